The SMILES string of the molecule is NC(=N[C@@H](CC(=O)O)C(=O)O)NOCCC(N)C(=O)O. The van der Waals surface area contributed by atoms with Crippen LogP contribution < -0.4 is 16.9 Å². The van der Waals surface area contributed by atoms with E-state index in [0.717, 1.165) is 0 Å². The lowest BCUT2D eigenvalue weighted by Crippen LogP contribution is -2.37. The summed E-state index contributed by atoms with van der Waals surface area (Å²) in [6.45, 7) is -0.111. The standard InChI is InChI=1S/C9H16N4O7/c10-4(7(16)17)1-2-20-13-9(11)12-5(8(18)19)3-6(14)15/h4-5H,1-3,10H2,(H,14,15)(H,16,17)(H,18,19)(H3,11,12,13)/t4?,5-/m0/s1. The molecule has 1 unspecified atom stereocenters. The Balaban J connectivity index is 4.19. The van der Waals surface area contributed by atoms with Crippen LogP contribution in [0.4, 0.5) is 0 Å². The molecule has 0 aliphatic rings. The van der Waals surface area contributed by atoms with E-state index in [4.69, 9.17) is 31.6 Å². The van der Waals surface area contributed by atoms with Crippen molar-refractivity contribution in [2.45, 2.75) is 24.9 Å². The summed E-state index contributed by atoms with van der Waals surface area (Å²) >= 11 is 0. The normalized spacial score (nSPS) is 14.3. The van der Waals surface area contributed by atoms with Gasteiger partial charge >= 0.3 is 17.9 Å². The lowest BCUT2D eigenvalue weighted by Gasteiger charge is -2.10. The van der Waals surface area contributed by atoms with Crippen molar-refractivity contribution in [1.29, 1.82) is 0 Å². The minimum Gasteiger partial charge on any atom is -0.481 e. The molecule has 0 saturated carbocycles. The summed E-state index contributed by atoms with van der Waals surface area (Å²) in [7, 11) is 0. The van der Waals surface area contributed by atoms with Crippen molar-refractivity contribution >= 4 is 23.9 Å². The Bertz CT molecular complexity index is 398. The number of nitrogens with zero attached hydrogens (tertiary/aromatic N) is 1. The molecule has 0 rings (SSSR count). The number of nitrogens with two attached hydrogens (primary N) is 2. The second-order valence-electron chi connectivity index (χ2n) is 3.65. The number of guanidine groups is 1. The van der Waals surface area contributed by atoms with Gasteiger partial charge in [0, 0.05) is 0 Å². The highest BCUT2D eigenvalue weighted by Crippen LogP contribution is 1.98. The van der Waals surface area contributed by atoms with Gasteiger partial charge in [-0.15, -0.1) is 0 Å². The van der Waals surface area contributed by atoms with E-state index in [1.165, 1.54) is 0 Å². The molecule has 0 radical (unpaired) electrons. The Morgan fingerprint density at radius 3 is 2.25 bits per heavy atom. The molecule has 0 aliphatic heterocycles. The van der Waals surface area contributed by atoms with Crippen molar-refractivity contribution in [3.63, 3.8) is 0 Å². The molecule has 20 heavy (non-hydrogen) atoms. The molecular weight excluding hydrogens is 276 g/mol. The van der Waals surface area contributed by atoms with E-state index in [1.54, 1.807) is 0 Å². The molecule has 11 nitrogen and oxygen atoms in total. The number of nitrogens with one attached hydrogen (secondary N) is 1. The van der Waals surface area contributed by atoms with Crippen LogP contribution in [0.15, 0.2) is 4.99 Å². The van der Waals surface area contributed by atoms with Crippen LogP contribution in [0.2, 0.25) is 0 Å². The number of hydrogen-bond acceptors (Lipinski definition) is 6. The van der Waals surface area contributed by atoms with Gasteiger partial charge in [0.15, 0.2) is 6.04 Å². The van der Waals surface area contributed by atoms with Gasteiger partial charge in [0.25, 0.3) is 0 Å². The summed E-state index contributed by atoms with van der Waals surface area (Å²) in [5.41, 5.74) is 12.5. The third-order valence-electron chi connectivity index (χ3n) is 1.97. The zero-order valence-corrected chi connectivity index (χ0v) is 10.4. The number of aliphatic carboxylic acids is 3. The first-order valence-corrected chi connectivity index (χ1v) is 5.38. The van der Waals surface area contributed by atoms with Crippen molar-refractivity contribution in [3.05, 3.63) is 0 Å². The molecule has 2 atom stereocenters. The van der Waals surface area contributed by atoms with E-state index >= 15 is 0 Å². The third-order valence-corrected chi connectivity index (χ3v) is 1.97. The monoisotopic (exact) mass is 292 g/mol. The fourth-order valence-corrected chi connectivity index (χ4v) is 0.982. The number of carboxylic acids is 3. The second kappa shape index (κ2) is 8.66. The van der Waals surface area contributed by atoms with Gasteiger partial charge in [-0.25, -0.2) is 15.3 Å². The Morgan fingerprint density at radius 2 is 1.80 bits per heavy atom. The van der Waals surface area contributed by atoms with Crippen LogP contribution >= 0.6 is 0 Å². The van der Waals surface area contributed by atoms with Crippen LogP contribution in [0.1, 0.15) is 12.8 Å². The topological polar surface area (TPSA) is 198 Å². The maximum atomic E-state index is 10.7. The Kier molecular flexibility index (Phi) is 7.62. The molecule has 8 N–H and O–H groups in total. The van der Waals surface area contributed by atoms with Crippen molar-refractivity contribution in [2.75, 3.05) is 6.61 Å². The van der Waals surface area contributed by atoms with E-state index in [-0.39, 0.29) is 13.0 Å². The lowest BCUT2D eigenvalue weighted by molar-refractivity contribution is -0.144. The minimum absolute atomic E-state index is 0.00685. The largest absolute Gasteiger partial charge is 0.481 e. The first-order valence-electron chi connectivity index (χ1n) is 5.38. The average Bonchev–Trinajstić information content (AvgIpc) is 2.32. The first kappa shape index (κ1) is 17.6. The van der Waals surface area contributed by atoms with Gasteiger partial charge in [-0.05, 0) is 6.42 Å². The average molecular weight is 292 g/mol. The van der Waals surface area contributed by atoms with Crippen LogP contribution in [-0.4, -0.2) is 57.9 Å². The summed E-state index contributed by atoms with van der Waals surface area (Å²) < 4.78 is 0. The molecule has 0 aromatic heterocycles. The highest BCUT2D eigenvalue weighted by molar-refractivity contribution is 5.85. The highest BCUT2D eigenvalue weighted by atomic mass is 16.6. The molecule has 0 aromatic carbocycles. The van der Waals surface area contributed by atoms with Gasteiger partial charge in [0.2, 0.25) is 5.96 Å². The molecule has 0 fully saturated rings. The molecule has 0 aliphatic carbocycles. The quantitative estimate of drug-likeness (QED) is 0.115. The maximum absolute atomic E-state index is 10.7. The molecule has 0 aromatic rings. The maximum Gasteiger partial charge on any atom is 0.329 e. The first-order chi connectivity index (χ1) is 9.23. The predicted octanol–water partition coefficient (Wildman–Crippen LogP) is -2.45. The molecule has 0 heterocycles. The second-order valence-corrected chi connectivity index (χ2v) is 3.65. The van der Waals surface area contributed by atoms with Crippen molar-refractivity contribution < 1.29 is 34.5 Å². The number of carboxylic acid groups (broad SMARTS) is 3. The van der Waals surface area contributed by atoms with Crippen molar-refractivity contribution in [3.8, 4) is 0 Å². The number of aliphatic imine (C=N–C) groups is 1. The molecule has 0 saturated heterocycles. The summed E-state index contributed by atoms with van der Waals surface area (Å²) in [5.74, 6) is -4.43. The molecule has 11 heteroatoms. The van der Waals surface area contributed by atoms with Gasteiger partial charge in [0.05, 0.1) is 13.0 Å². The summed E-state index contributed by atoms with van der Waals surface area (Å²) in [5, 5.41) is 25.7. The molecule has 0 spiro atoms. The van der Waals surface area contributed by atoms with Gasteiger partial charge < -0.3 is 26.8 Å². The Hall–Kier alpha value is -2.40. The predicted molar refractivity (Wildman–Crippen MR) is 64.6 cm³/mol. The van der Waals surface area contributed by atoms with Crippen LogP contribution in [0.25, 0.3) is 0 Å². The van der Waals surface area contributed by atoms with Crippen molar-refractivity contribution in [1.82, 2.24) is 5.48 Å². The highest BCUT2D eigenvalue weighted by Gasteiger charge is 2.20. The lowest BCUT2D eigenvalue weighted by atomic mass is 10.2. The fourth-order valence-electron chi connectivity index (χ4n) is 0.982. The summed E-state index contributed by atoms with van der Waals surface area (Å²) in [6.07, 6.45) is -0.741. The van der Waals surface area contributed by atoms with E-state index < -0.39 is 42.4 Å². The van der Waals surface area contributed by atoms with Crippen molar-refractivity contribution in [2.24, 2.45) is 16.5 Å². The number of hydrogen-bond donors (Lipinski definition) is 6. The molecule has 0 bridgehead atoms. The Morgan fingerprint density at radius 1 is 1.20 bits per heavy atom. The molecule has 0 amide bonds. The zero-order chi connectivity index (χ0) is 15.7. The van der Waals surface area contributed by atoms with Gasteiger partial charge in [0.1, 0.15) is 6.04 Å². The van der Waals surface area contributed by atoms with Crippen LogP contribution in [0.5, 0.6) is 0 Å². The third kappa shape index (κ3) is 7.84. The minimum atomic E-state index is -1.55. The zero-order valence-electron chi connectivity index (χ0n) is 10.4. The van der Waals surface area contributed by atoms with Crippen LogP contribution in [-0.2, 0) is 19.2 Å². The van der Waals surface area contributed by atoms with Gasteiger partial charge in [-0.3, -0.25) is 14.4 Å². The van der Waals surface area contributed by atoms with Crippen LogP contribution in [0.3, 0.4) is 0 Å². The number of carbonyl (C=O) groups is 3. The number of rotatable bonds is 9. The van der Waals surface area contributed by atoms with E-state index in [1.807, 2.05) is 0 Å². The van der Waals surface area contributed by atoms with Crippen LogP contribution in [0, 0.1) is 0 Å². The van der Waals surface area contributed by atoms with Gasteiger partial charge in [-0.1, -0.05) is 0 Å². The fraction of sp³-hybridized carbons (Fsp3) is 0.556. The number of hydroxylamine groups is 1. The Labute approximate surface area is 113 Å². The smallest absolute Gasteiger partial charge is 0.329 e. The molecule has 114 valence electrons. The van der Waals surface area contributed by atoms with E-state index in [2.05, 4.69) is 10.5 Å². The summed E-state index contributed by atoms with van der Waals surface area (Å²) in [4.78, 5) is 39.6. The summed E-state index contributed by atoms with van der Waals surface area (Å²) in [6, 6.07) is -2.65. The molecular formula is C9H16N4O7. The van der Waals surface area contributed by atoms with E-state index in [9.17, 15) is 14.4 Å². The van der Waals surface area contributed by atoms with Gasteiger partial charge in [-0.2, -0.15) is 0 Å². The van der Waals surface area contributed by atoms with E-state index in [0.29, 0.717) is 0 Å².